The number of halogens is 3. The molecule has 1 saturated carbocycles. The van der Waals surface area contributed by atoms with Crippen LogP contribution in [0.2, 0.25) is 0 Å². The van der Waals surface area contributed by atoms with Gasteiger partial charge >= 0.3 is 6.18 Å². The Bertz CT molecular complexity index is 520. The van der Waals surface area contributed by atoms with Crippen molar-refractivity contribution in [2.45, 2.75) is 31.4 Å². The molecule has 1 aliphatic heterocycles. The number of hydrogen-bond acceptors (Lipinski definition) is 1. The third-order valence-electron chi connectivity index (χ3n) is 4.61. The Morgan fingerprint density at radius 2 is 2.05 bits per heavy atom. The summed E-state index contributed by atoms with van der Waals surface area (Å²) in [5.41, 5.74) is 0.361. The largest absolute Gasteiger partial charge is 0.416 e. The number of hydrogen-bond donors (Lipinski definition) is 0. The lowest BCUT2D eigenvalue weighted by atomic mass is 9.77. The van der Waals surface area contributed by atoms with Crippen molar-refractivity contribution >= 4 is 6.41 Å². The summed E-state index contributed by atoms with van der Waals surface area (Å²) < 4.78 is 38.2. The van der Waals surface area contributed by atoms with Crippen molar-refractivity contribution < 1.29 is 18.0 Å². The highest BCUT2D eigenvalue weighted by atomic mass is 19.4. The second kappa shape index (κ2) is 4.50. The highest BCUT2D eigenvalue weighted by Crippen LogP contribution is 2.51. The molecule has 2 nitrogen and oxygen atoms in total. The lowest BCUT2D eigenvalue weighted by Crippen LogP contribution is -2.54. The molecule has 0 unspecified atom stereocenters. The molecule has 0 aromatic heterocycles. The zero-order valence-corrected chi connectivity index (χ0v) is 11.0. The van der Waals surface area contributed by atoms with Crippen LogP contribution in [0.15, 0.2) is 24.3 Å². The molecule has 2 fully saturated rings. The summed E-state index contributed by atoms with van der Waals surface area (Å²) in [6.07, 6.45) is -0.634. The maximum Gasteiger partial charge on any atom is 0.416 e. The highest BCUT2D eigenvalue weighted by Gasteiger charge is 2.48. The number of nitrogens with zero attached hydrogens (tertiary/aromatic N) is 1. The molecule has 1 aromatic carbocycles. The molecule has 108 valence electrons. The Balaban J connectivity index is 1.74. The minimum absolute atomic E-state index is 0.153. The van der Waals surface area contributed by atoms with Gasteiger partial charge in [-0.25, -0.2) is 0 Å². The summed E-state index contributed by atoms with van der Waals surface area (Å²) in [7, 11) is 0. The number of rotatable bonds is 2. The van der Waals surface area contributed by atoms with Gasteiger partial charge in [0.2, 0.25) is 6.41 Å². The molecule has 1 aromatic rings. The normalized spacial score (nSPS) is 24.8. The van der Waals surface area contributed by atoms with Gasteiger partial charge in [-0.05, 0) is 36.8 Å². The molecule has 1 atom stereocenters. The molecule has 3 rings (SSSR count). The molecule has 20 heavy (non-hydrogen) atoms. The van der Waals surface area contributed by atoms with Gasteiger partial charge in [0.15, 0.2) is 0 Å². The lowest BCUT2D eigenvalue weighted by Gasteiger charge is -2.46. The number of alkyl halides is 3. The Morgan fingerprint density at radius 1 is 1.30 bits per heavy atom. The van der Waals surface area contributed by atoms with Gasteiger partial charge < -0.3 is 4.90 Å². The van der Waals surface area contributed by atoms with Crippen LogP contribution in [0.1, 0.15) is 36.3 Å². The van der Waals surface area contributed by atoms with E-state index in [-0.39, 0.29) is 11.3 Å². The Morgan fingerprint density at radius 3 is 2.70 bits per heavy atom. The molecule has 0 bridgehead atoms. The van der Waals surface area contributed by atoms with Crippen LogP contribution in [-0.4, -0.2) is 24.4 Å². The lowest BCUT2D eigenvalue weighted by molar-refractivity contribution is -0.137. The fourth-order valence-corrected chi connectivity index (χ4v) is 3.64. The van der Waals surface area contributed by atoms with E-state index in [1.807, 2.05) is 0 Å². The second-order valence-corrected chi connectivity index (χ2v) is 6.07. The molecular weight excluding hydrogens is 267 g/mol. The van der Waals surface area contributed by atoms with Gasteiger partial charge in [-0.2, -0.15) is 13.2 Å². The first kappa shape index (κ1) is 13.5. The minimum Gasteiger partial charge on any atom is -0.344 e. The zero-order chi connectivity index (χ0) is 14.4. The van der Waals surface area contributed by atoms with Crippen LogP contribution in [0.3, 0.4) is 0 Å². The zero-order valence-electron chi connectivity index (χ0n) is 11.0. The molecule has 1 saturated heterocycles. The molecule has 0 N–H and O–H groups in total. The van der Waals surface area contributed by atoms with E-state index in [4.69, 9.17) is 0 Å². The van der Waals surface area contributed by atoms with E-state index in [1.165, 1.54) is 12.1 Å². The summed E-state index contributed by atoms with van der Waals surface area (Å²) >= 11 is 0. The predicted octanol–water partition coefficient (Wildman–Crippen LogP) is 3.43. The van der Waals surface area contributed by atoms with Gasteiger partial charge in [-0.1, -0.05) is 18.2 Å². The first-order valence-electron chi connectivity index (χ1n) is 6.78. The monoisotopic (exact) mass is 283 g/mol. The van der Waals surface area contributed by atoms with E-state index >= 15 is 0 Å². The van der Waals surface area contributed by atoms with Crippen LogP contribution in [0.5, 0.6) is 0 Å². The van der Waals surface area contributed by atoms with Crippen LogP contribution in [0.4, 0.5) is 13.2 Å². The molecule has 1 amide bonds. The summed E-state index contributed by atoms with van der Waals surface area (Å²) in [6, 6.07) is 5.67. The maximum absolute atomic E-state index is 12.7. The SMILES string of the molecule is O=CN1CC2(CC[C@H](c3cccc(C(F)(F)F)c3)C2)C1. The van der Waals surface area contributed by atoms with Crippen LogP contribution in [0, 0.1) is 5.41 Å². The number of amides is 1. The smallest absolute Gasteiger partial charge is 0.344 e. The Kier molecular flexibility index (Phi) is 3.03. The minimum atomic E-state index is -4.28. The molecule has 0 radical (unpaired) electrons. The number of likely N-dealkylation sites (tertiary alicyclic amines) is 1. The van der Waals surface area contributed by atoms with Gasteiger partial charge in [-0.15, -0.1) is 0 Å². The first-order valence-corrected chi connectivity index (χ1v) is 6.78. The Hall–Kier alpha value is -1.52. The van der Waals surface area contributed by atoms with Crippen molar-refractivity contribution in [2.75, 3.05) is 13.1 Å². The third kappa shape index (κ3) is 2.30. The van der Waals surface area contributed by atoms with Crippen molar-refractivity contribution in [1.82, 2.24) is 4.90 Å². The number of benzene rings is 1. The standard InChI is InChI=1S/C15H16F3NO/c16-15(17,18)13-3-1-2-11(6-13)12-4-5-14(7-12)8-19(9-14)10-20/h1-3,6,10,12H,4-5,7-9H2/t12-/m0/s1. The van der Waals surface area contributed by atoms with Gasteiger partial charge in [0.05, 0.1) is 5.56 Å². The predicted molar refractivity (Wildman–Crippen MR) is 68.1 cm³/mol. The summed E-state index contributed by atoms with van der Waals surface area (Å²) in [4.78, 5) is 12.4. The fourth-order valence-electron chi connectivity index (χ4n) is 3.64. The van der Waals surface area contributed by atoms with Crippen LogP contribution < -0.4 is 0 Å². The average Bonchev–Trinajstić information content (AvgIpc) is 2.81. The number of carbonyl (C=O) groups excluding carboxylic acids is 1. The van der Waals surface area contributed by atoms with Crippen LogP contribution in [-0.2, 0) is 11.0 Å². The van der Waals surface area contributed by atoms with Crippen LogP contribution >= 0.6 is 0 Å². The second-order valence-electron chi connectivity index (χ2n) is 6.07. The van der Waals surface area contributed by atoms with Crippen molar-refractivity contribution in [2.24, 2.45) is 5.41 Å². The van der Waals surface area contributed by atoms with Gasteiger partial charge in [0, 0.05) is 18.5 Å². The van der Waals surface area contributed by atoms with E-state index in [9.17, 15) is 18.0 Å². The Labute approximate surface area is 115 Å². The van der Waals surface area contributed by atoms with E-state index in [0.717, 1.165) is 50.4 Å². The molecule has 1 aliphatic carbocycles. The van der Waals surface area contributed by atoms with Crippen molar-refractivity contribution in [3.63, 3.8) is 0 Å². The van der Waals surface area contributed by atoms with E-state index in [2.05, 4.69) is 0 Å². The van der Waals surface area contributed by atoms with Crippen molar-refractivity contribution in [3.8, 4) is 0 Å². The van der Waals surface area contributed by atoms with E-state index < -0.39 is 11.7 Å². The third-order valence-corrected chi connectivity index (χ3v) is 4.61. The van der Waals surface area contributed by atoms with Crippen molar-refractivity contribution in [1.29, 1.82) is 0 Å². The first-order chi connectivity index (χ1) is 9.42. The highest BCUT2D eigenvalue weighted by molar-refractivity contribution is 5.49. The van der Waals surface area contributed by atoms with Gasteiger partial charge in [-0.3, -0.25) is 4.79 Å². The van der Waals surface area contributed by atoms with Gasteiger partial charge in [0.1, 0.15) is 0 Å². The molecule has 1 spiro atoms. The van der Waals surface area contributed by atoms with Gasteiger partial charge in [0.25, 0.3) is 0 Å². The average molecular weight is 283 g/mol. The molecule has 5 heteroatoms. The summed E-state index contributed by atoms with van der Waals surface area (Å²) in [5, 5.41) is 0. The topological polar surface area (TPSA) is 20.3 Å². The number of carbonyl (C=O) groups is 1. The molecular formula is C15H16F3NO. The summed E-state index contributed by atoms with van der Waals surface area (Å²) in [6.45, 7) is 1.51. The molecule has 1 heterocycles. The molecule has 2 aliphatic rings. The maximum atomic E-state index is 12.7. The van der Waals surface area contributed by atoms with Crippen LogP contribution in [0.25, 0.3) is 0 Å². The van der Waals surface area contributed by atoms with E-state index in [0.29, 0.717) is 0 Å². The summed E-state index contributed by atoms with van der Waals surface area (Å²) in [5.74, 6) is 0.186. The van der Waals surface area contributed by atoms with E-state index in [1.54, 1.807) is 11.0 Å². The van der Waals surface area contributed by atoms with Crippen molar-refractivity contribution in [3.05, 3.63) is 35.4 Å². The fraction of sp³-hybridized carbons (Fsp3) is 0.533. The quantitative estimate of drug-likeness (QED) is 0.761.